The van der Waals surface area contributed by atoms with Gasteiger partial charge in [0.1, 0.15) is 17.8 Å². The third-order valence-electron chi connectivity index (χ3n) is 5.08. The number of carboxylic acid groups (broad SMARTS) is 1. The molecule has 0 aliphatic carbocycles. The van der Waals surface area contributed by atoms with Gasteiger partial charge in [-0.15, -0.1) is 0 Å². The highest BCUT2D eigenvalue weighted by atomic mass is 16.5. The molecule has 3 aliphatic rings. The van der Waals surface area contributed by atoms with Crippen LogP contribution in [-0.2, 0) is 35.1 Å². The number of hydrogen-bond donors (Lipinski definition) is 1. The summed E-state index contributed by atoms with van der Waals surface area (Å²) in [4.78, 5) is 76.8. The van der Waals surface area contributed by atoms with E-state index in [1.54, 1.807) is 0 Å². The van der Waals surface area contributed by atoms with E-state index in [0.717, 1.165) is 12.0 Å². The molecule has 3 aliphatic heterocycles. The van der Waals surface area contributed by atoms with Crippen LogP contribution in [0.2, 0.25) is 0 Å². The van der Waals surface area contributed by atoms with E-state index in [1.807, 2.05) is 0 Å². The molecule has 1 aromatic carbocycles. The van der Waals surface area contributed by atoms with Crippen LogP contribution in [0.1, 0.15) is 22.3 Å². The monoisotopic (exact) mass is 418 g/mol. The molecule has 1 fully saturated rings. The Labute approximate surface area is 170 Å². The minimum atomic E-state index is -1.62. The van der Waals surface area contributed by atoms with E-state index in [2.05, 4.69) is 4.74 Å². The minimum Gasteiger partial charge on any atom is -0.496 e. The molecule has 30 heavy (non-hydrogen) atoms. The fourth-order valence-electron chi connectivity index (χ4n) is 3.66. The van der Waals surface area contributed by atoms with Crippen molar-refractivity contribution < 1.29 is 43.3 Å². The number of benzene rings is 1. The number of carboxylic acids is 1. The first-order chi connectivity index (χ1) is 14.2. The minimum absolute atomic E-state index is 0.0413. The number of carbonyl (C=O) groups excluding carboxylic acids is 5. The first-order valence-corrected chi connectivity index (χ1v) is 8.88. The van der Waals surface area contributed by atoms with E-state index < -0.39 is 66.9 Å². The van der Waals surface area contributed by atoms with E-state index in [1.165, 1.54) is 25.3 Å². The molecule has 3 heterocycles. The maximum atomic E-state index is 13.1. The van der Waals surface area contributed by atoms with Crippen LogP contribution in [0.3, 0.4) is 0 Å². The van der Waals surface area contributed by atoms with Crippen LogP contribution in [-0.4, -0.2) is 83.2 Å². The molecule has 1 aromatic rings. The normalized spacial score (nSPS) is 21.4. The lowest BCUT2D eigenvalue weighted by Gasteiger charge is -2.43. The first-order valence-electron chi connectivity index (χ1n) is 8.88. The Morgan fingerprint density at radius 1 is 1.17 bits per heavy atom. The molecular weight excluding hydrogens is 400 g/mol. The molecule has 0 saturated carbocycles. The number of amides is 3. The van der Waals surface area contributed by atoms with Gasteiger partial charge in [0.15, 0.2) is 0 Å². The predicted molar refractivity (Wildman–Crippen MR) is 96.4 cm³/mol. The quantitative estimate of drug-likeness (QED) is 0.370. The van der Waals surface area contributed by atoms with Gasteiger partial charge in [-0.2, -0.15) is 0 Å². The van der Waals surface area contributed by atoms with Crippen molar-refractivity contribution in [2.75, 3.05) is 20.8 Å². The van der Waals surface area contributed by atoms with E-state index in [4.69, 9.17) is 4.74 Å². The number of imide groups is 1. The fraction of sp³-hybridized carbons (Fsp3) is 0.368. The highest BCUT2D eigenvalue weighted by Gasteiger charge is 2.51. The van der Waals surface area contributed by atoms with Gasteiger partial charge in [-0.3, -0.25) is 28.9 Å². The Hall–Kier alpha value is -3.76. The number of fused-ring (bicyclic) bond motifs is 4. The molecule has 11 heteroatoms. The van der Waals surface area contributed by atoms with E-state index in [9.17, 15) is 33.9 Å². The molecule has 1 N–H and O–H groups in total. The highest BCUT2D eigenvalue weighted by molar-refractivity contribution is 6.46. The van der Waals surface area contributed by atoms with E-state index in [-0.39, 0.29) is 16.9 Å². The average molecular weight is 418 g/mol. The molecular formula is C19H18N2O9. The number of hydrogen-bond acceptors (Lipinski definition) is 8. The second kappa shape index (κ2) is 7.93. The van der Waals surface area contributed by atoms with Crippen LogP contribution >= 0.6 is 0 Å². The number of nitrogens with zero attached hydrogens (tertiary/aromatic N) is 2. The van der Waals surface area contributed by atoms with Crippen LogP contribution in [0.5, 0.6) is 5.75 Å². The molecule has 11 nitrogen and oxygen atoms in total. The number of Topliss-reactive ketones (excluding diaryl/α,β-unsaturated/α-hetero) is 1. The second-order valence-electron chi connectivity index (χ2n) is 6.71. The predicted octanol–water partition coefficient (Wildman–Crippen LogP) is -0.984. The van der Waals surface area contributed by atoms with Crippen molar-refractivity contribution in [3.05, 3.63) is 29.3 Å². The zero-order valence-electron chi connectivity index (χ0n) is 16.1. The molecule has 158 valence electrons. The summed E-state index contributed by atoms with van der Waals surface area (Å²) < 4.78 is 9.67. The lowest BCUT2D eigenvalue weighted by Crippen LogP contribution is -2.68. The molecule has 0 radical (unpaired) electrons. The molecule has 0 aromatic heterocycles. The first kappa shape index (κ1) is 21.0. The van der Waals surface area contributed by atoms with Gasteiger partial charge in [-0.1, -0.05) is 12.1 Å². The lowest BCUT2D eigenvalue weighted by molar-refractivity contribution is -0.170. The van der Waals surface area contributed by atoms with Crippen LogP contribution < -0.4 is 4.74 Å². The standard InChI is InChI=1S/C19H18N2O9/c1-29-12-5-3-4-9-6-13(22)21-10(7-14(23)30-2)17(25)20(8-11(21)19(27)28)18(26)16(24)15(9)12/h3-5,10-11H,6-8H2,1-2H3,(H,27,28)/t10-,11-/m0/s1. The molecule has 2 atom stereocenters. The zero-order chi connectivity index (χ0) is 22.2. The van der Waals surface area contributed by atoms with Crippen molar-refractivity contribution in [1.82, 2.24) is 9.80 Å². The van der Waals surface area contributed by atoms with Crippen molar-refractivity contribution in [2.45, 2.75) is 24.9 Å². The zero-order valence-corrected chi connectivity index (χ0v) is 16.1. The topological polar surface area (TPSA) is 148 Å². The summed E-state index contributed by atoms with van der Waals surface area (Å²) in [6.45, 7) is -0.716. The van der Waals surface area contributed by atoms with Crippen LogP contribution in [0.4, 0.5) is 0 Å². The Kier molecular flexibility index (Phi) is 5.54. The van der Waals surface area contributed by atoms with Crippen molar-refractivity contribution >= 4 is 35.4 Å². The Bertz CT molecular complexity index is 971. The maximum absolute atomic E-state index is 13.1. The number of ketones is 1. The molecule has 0 unspecified atom stereocenters. The molecule has 0 spiro atoms. The molecule has 4 rings (SSSR count). The van der Waals surface area contributed by atoms with Gasteiger partial charge in [0.2, 0.25) is 5.91 Å². The molecule has 3 amide bonds. The van der Waals surface area contributed by atoms with Gasteiger partial charge in [-0.05, 0) is 11.6 Å². The highest BCUT2D eigenvalue weighted by Crippen LogP contribution is 2.29. The van der Waals surface area contributed by atoms with Crippen molar-refractivity contribution in [3.63, 3.8) is 0 Å². The summed E-state index contributed by atoms with van der Waals surface area (Å²) in [5.41, 5.74) is -0.0313. The third-order valence-corrected chi connectivity index (χ3v) is 5.08. The van der Waals surface area contributed by atoms with E-state index >= 15 is 0 Å². The Morgan fingerprint density at radius 2 is 1.87 bits per heavy atom. The van der Waals surface area contributed by atoms with Gasteiger partial charge in [-0.25, -0.2) is 4.79 Å². The SMILES string of the molecule is COC(=O)C[C@H]1C(=O)N2C[C@@H](C(=O)O)N1C(=O)Cc1cccc(OC)c1C(=O)C2=O. The van der Waals surface area contributed by atoms with Crippen LogP contribution in [0.15, 0.2) is 18.2 Å². The third kappa shape index (κ3) is 3.38. The van der Waals surface area contributed by atoms with Crippen molar-refractivity contribution in [3.8, 4) is 5.75 Å². The number of piperazine rings is 1. The van der Waals surface area contributed by atoms with Crippen LogP contribution in [0, 0.1) is 0 Å². The van der Waals surface area contributed by atoms with Gasteiger partial charge < -0.3 is 19.5 Å². The maximum Gasteiger partial charge on any atom is 0.328 e. The molecule has 1 saturated heterocycles. The number of rotatable bonds is 4. The Balaban J connectivity index is 2.21. The number of ether oxygens (including phenoxy) is 2. The Morgan fingerprint density at radius 3 is 2.47 bits per heavy atom. The van der Waals surface area contributed by atoms with Crippen molar-refractivity contribution in [2.24, 2.45) is 0 Å². The van der Waals surface area contributed by atoms with Crippen LogP contribution in [0.25, 0.3) is 0 Å². The van der Waals surface area contributed by atoms with Gasteiger partial charge >= 0.3 is 17.8 Å². The largest absolute Gasteiger partial charge is 0.496 e. The average Bonchev–Trinajstić information content (AvgIpc) is 2.72. The summed E-state index contributed by atoms with van der Waals surface area (Å²) in [5, 5.41) is 9.62. The van der Waals surface area contributed by atoms with E-state index in [0.29, 0.717) is 4.90 Å². The van der Waals surface area contributed by atoms with Crippen molar-refractivity contribution in [1.29, 1.82) is 0 Å². The number of aliphatic carboxylic acids is 1. The summed E-state index contributed by atoms with van der Waals surface area (Å²) in [5.74, 6) is -6.51. The van der Waals surface area contributed by atoms with Gasteiger partial charge in [0, 0.05) is 0 Å². The summed E-state index contributed by atoms with van der Waals surface area (Å²) >= 11 is 0. The smallest absolute Gasteiger partial charge is 0.328 e. The second-order valence-corrected chi connectivity index (χ2v) is 6.71. The summed E-state index contributed by atoms with van der Waals surface area (Å²) in [6.07, 6.45) is -1.13. The number of methoxy groups -OCH3 is 2. The molecule has 2 bridgehead atoms. The van der Waals surface area contributed by atoms with Gasteiger partial charge in [0.05, 0.1) is 39.2 Å². The number of esters is 1. The number of carbonyl (C=O) groups is 6. The lowest BCUT2D eigenvalue weighted by atomic mass is 9.93. The summed E-state index contributed by atoms with van der Waals surface area (Å²) in [6, 6.07) is 1.15. The summed E-state index contributed by atoms with van der Waals surface area (Å²) in [7, 11) is 2.34. The van der Waals surface area contributed by atoms with Gasteiger partial charge in [0.25, 0.3) is 11.7 Å². The fourth-order valence-corrected chi connectivity index (χ4v) is 3.66.